The maximum atomic E-state index is 12.2. The summed E-state index contributed by atoms with van der Waals surface area (Å²) in [5.74, 6) is -0.268. The average molecular weight is 389 g/mol. The van der Waals surface area contributed by atoms with E-state index in [1.807, 2.05) is 30.3 Å². The smallest absolute Gasteiger partial charge is 0.358 e. The maximum absolute atomic E-state index is 12.2. The minimum atomic E-state index is -0.567. The highest BCUT2D eigenvalue weighted by atomic mass is 35.5. The Morgan fingerprint density at radius 1 is 1.30 bits per heavy atom. The Morgan fingerprint density at radius 3 is 2.70 bits per heavy atom. The van der Waals surface area contributed by atoms with Gasteiger partial charge < -0.3 is 15.4 Å². The normalized spacial score (nSPS) is 10.7. The van der Waals surface area contributed by atoms with E-state index in [0.717, 1.165) is 5.56 Å². The van der Waals surface area contributed by atoms with Crippen LogP contribution in [0.2, 0.25) is 5.02 Å². The second kappa shape index (κ2) is 8.00. The molecule has 1 amide bonds. The highest BCUT2D eigenvalue weighted by Crippen LogP contribution is 2.20. The van der Waals surface area contributed by atoms with Gasteiger partial charge in [0.15, 0.2) is 5.82 Å². The molecule has 1 aromatic carbocycles. The number of halogens is 1. The molecule has 0 bridgehead atoms. The zero-order chi connectivity index (χ0) is 19.4. The van der Waals surface area contributed by atoms with Crippen molar-refractivity contribution in [2.75, 3.05) is 5.32 Å². The summed E-state index contributed by atoms with van der Waals surface area (Å²) in [5, 5.41) is 21.9. The highest BCUT2D eigenvalue weighted by Gasteiger charge is 2.17. The largest absolute Gasteiger partial charge is 0.390 e. The number of hydrogen-bond donors (Lipinski definition) is 1. The van der Waals surface area contributed by atoms with E-state index in [4.69, 9.17) is 11.6 Å². The molecule has 0 aliphatic rings. The van der Waals surface area contributed by atoms with E-state index >= 15 is 0 Å². The van der Waals surface area contributed by atoms with Gasteiger partial charge in [-0.15, -0.1) is 0 Å². The molecule has 140 valence electrons. The molecule has 1 N–H and O–H groups in total. The lowest BCUT2D eigenvalue weighted by Crippen LogP contribution is -2.16. The fourth-order valence-corrected chi connectivity index (χ4v) is 2.74. The molecule has 0 atom stereocenters. The average Bonchev–Trinajstić information content (AvgIpc) is 3.17. The molecule has 9 nitrogen and oxygen atoms in total. The first-order valence-corrected chi connectivity index (χ1v) is 8.56. The number of hydrogen-bond acceptors (Lipinski definition) is 5. The third-order valence-electron chi connectivity index (χ3n) is 3.87. The number of nitrogens with one attached hydrogen (secondary N) is 1. The zero-order valence-corrected chi connectivity index (χ0v) is 15.3. The molecule has 27 heavy (non-hydrogen) atoms. The lowest BCUT2D eigenvalue weighted by Gasteiger charge is -2.03. The summed E-state index contributed by atoms with van der Waals surface area (Å²) < 4.78 is 3.07. The second-order valence-electron chi connectivity index (χ2n) is 5.93. The van der Waals surface area contributed by atoms with Crippen LogP contribution in [-0.4, -0.2) is 30.4 Å². The molecule has 0 saturated heterocycles. The molecule has 2 aromatic heterocycles. The van der Waals surface area contributed by atoms with Gasteiger partial charge in [0.2, 0.25) is 5.91 Å². The van der Waals surface area contributed by atoms with E-state index in [2.05, 4.69) is 15.5 Å². The Hall–Kier alpha value is -3.20. The van der Waals surface area contributed by atoms with Crippen molar-refractivity contribution in [2.24, 2.45) is 0 Å². The molecule has 0 unspecified atom stereocenters. The molecule has 0 fully saturated rings. The Balaban J connectivity index is 1.59. The summed E-state index contributed by atoms with van der Waals surface area (Å²) in [5.41, 5.74) is 1.67. The van der Waals surface area contributed by atoms with Crippen molar-refractivity contribution in [1.29, 1.82) is 0 Å². The molecular weight excluding hydrogens is 372 g/mol. The van der Waals surface area contributed by atoms with Gasteiger partial charge in [0.25, 0.3) is 0 Å². The van der Waals surface area contributed by atoms with E-state index < -0.39 is 4.92 Å². The Bertz CT molecular complexity index is 966. The number of carbonyl (C=O) groups is 1. The first-order valence-electron chi connectivity index (χ1n) is 8.18. The molecule has 10 heteroatoms. The molecule has 3 rings (SSSR count). The van der Waals surface area contributed by atoms with Gasteiger partial charge in [0.1, 0.15) is 5.02 Å². The van der Waals surface area contributed by atoms with Crippen LogP contribution >= 0.6 is 11.6 Å². The first-order chi connectivity index (χ1) is 12.9. The van der Waals surface area contributed by atoms with Crippen LogP contribution in [0.1, 0.15) is 17.7 Å². The van der Waals surface area contributed by atoms with Crippen LogP contribution in [0.25, 0.3) is 0 Å². The van der Waals surface area contributed by atoms with Crippen LogP contribution < -0.4 is 5.32 Å². The third kappa shape index (κ3) is 4.70. The lowest BCUT2D eigenvalue weighted by molar-refractivity contribution is -0.389. The molecular formula is C17H17ClN6O3. The van der Waals surface area contributed by atoms with Crippen molar-refractivity contribution in [3.8, 4) is 0 Å². The number of anilines is 1. The van der Waals surface area contributed by atoms with Gasteiger partial charge in [-0.1, -0.05) is 41.9 Å². The topological polar surface area (TPSA) is 108 Å². The van der Waals surface area contributed by atoms with Crippen molar-refractivity contribution >= 4 is 29.1 Å². The second-order valence-corrected chi connectivity index (χ2v) is 6.34. The number of aromatic nitrogens is 4. The highest BCUT2D eigenvalue weighted by molar-refractivity contribution is 6.33. The van der Waals surface area contributed by atoms with Gasteiger partial charge in [0, 0.05) is 12.6 Å². The summed E-state index contributed by atoms with van der Waals surface area (Å²) >= 11 is 6.15. The van der Waals surface area contributed by atoms with Gasteiger partial charge >= 0.3 is 5.82 Å². The molecule has 0 aliphatic heterocycles. The van der Waals surface area contributed by atoms with Crippen LogP contribution in [0.4, 0.5) is 11.6 Å². The van der Waals surface area contributed by atoms with Gasteiger partial charge in [-0.05, 0) is 17.4 Å². The lowest BCUT2D eigenvalue weighted by atomic mass is 10.2. The first kappa shape index (κ1) is 18.6. The molecule has 0 radical (unpaired) electrons. The number of nitro groups is 1. The van der Waals surface area contributed by atoms with E-state index in [9.17, 15) is 14.9 Å². The zero-order valence-electron chi connectivity index (χ0n) is 14.5. The molecule has 3 aromatic rings. The summed E-state index contributed by atoms with van der Waals surface area (Å²) in [6.45, 7) is 2.44. The standard InChI is InChI=1S/C17H17ClN6O3/c1-12-9-15(24(26)27)20-23(12)8-7-16(25)19-17-14(18)11-22(21-17)10-13-5-3-2-4-6-13/h2-6,9,11H,7-8,10H2,1H3,(H,19,21,25). The number of amides is 1. The van der Waals surface area contributed by atoms with Crippen molar-refractivity contribution in [1.82, 2.24) is 19.6 Å². The summed E-state index contributed by atoms with van der Waals surface area (Å²) in [6, 6.07) is 11.1. The Labute approximate surface area is 159 Å². The molecule has 0 saturated carbocycles. The quantitative estimate of drug-likeness (QED) is 0.494. The van der Waals surface area contributed by atoms with Gasteiger partial charge in [-0.25, -0.2) is 0 Å². The van der Waals surface area contributed by atoms with Crippen LogP contribution in [0, 0.1) is 17.0 Å². The van der Waals surface area contributed by atoms with Crippen LogP contribution in [-0.2, 0) is 17.9 Å². The monoisotopic (exact) mass is 388 g/mol. The summed E-state index contributed by atoms with van der Waals surface area (Å²) in [4.78, 5) is 22.3. The number of aryl methyl sites for hydroxylation is 2. The fraction of sp³-hybridized carbons (Fsp3) is 0.235. The predicted molar refractivity (Wildman–Crippen MR) is 99.6 cm³/mol. The van der Waals surface area contributed by atoms with E-state index in [1.54, 1.807) is 17.8 Å². The Morgan fingerprint density at radius 2 is 2.04 bits per heavy atom. The van der Waals surface area contributed by atoms with Crippen molar-refractivity contribution in [3.63, 3.8) is 0 Å². The van der Waals surface area contributed by atoms with Gasteiger partial charge in [0.05, 0.1) is 29.9 Å². The number of benzene rings is 1. The number of nitrogens with zero attached hydrogens (tertiary/aromatic N) is 5. The van der Waals surface area contributed by atoms with Crippen LogP contribution in [0.5, 0.6) is 0 Å². The van der Waals surface area contributed by atoms with Gasteiger partial charge in [-0.2, -0.15) is 9.78 Å². The third-order valence-corrected chi connectivity index (χ3v) is 4.14. The minimum absolute atomic E-state index is 0.0849. The molecule has 0 spiro atoms. The Kier molecular flexibility index (Phi) is 5.51. The van der Waals surface area contributed by atoms with Crippen LogP contribution in [0.3, 0.4) is 0 Å². The van der Waals surface area contributed by atoms with Crippen molar-refractivity contribution in [2.45, 2.75) is 26.4 Å². The minimum Gasteiger partial charge on any atom is -0.358 e. The fourth-order valence-electron chi connectivity index (χ4n) is 2.54. The number of carbonyl (C=O) groups excluding carboxylic acids is 1. The molecule has 2 heterocycles. The summed E-state index contributed by atoms with van der Waals surface area (Å²) in [7, 11) is 0. The van der Waals surface area contributed by atoms with Crippen LogP contribution in [0.15, 0.2) is 42.6 Å². The predicted octanol–water partition coefficient (Wildman–Crippen LogP) is 3.03. The maximum Gasteiger partial charge on any atom is 0.390 e. The van der Waals surface area contributed by atoms with Crippen molar-refractivity contribution < 1.29 is 9.72 Å². The van der Waals surface area contributed by atoms with E-state index in [-0.39, 0.29) is 30.5 Å². The summed E-state index contributed by atoms with van der Waals surface area (Å²) in [6.07, 6.45) is 1.73. The van der Waals surface area contributed by atoms with Gasteiger partial charge in [-0.3, -0.25) is 9.48 Å². The number of rotatable bonds is 7. The van der Waals surface area contributed by atoms with Crippen molar-refractivity contribution in [3.05, 3.63) is 69.0 Å². The molecule has 0 aliphatic carbocycles. The van der Waals surface area contributed by atoms with E-state index in [0.29, 0.717) is 17.3 Å². The van der Waals surface area contributed by atoms with E-state index in [1.165, 1.54) is 10.7 Å². The SMILES string of the molecule is Cc1cc([N+](=O)[O-])nn1CCC(=O)Nc1nn(Cc2ccccc2)cc1Cl.